The summed E-state index contributed by atoms with van der Waals surface area (Å²) in [6, 6.07) is 2.07. The third-order valence-electron chi connectivity index (χ3n) is 4.38. The van der Waals surface area contributed by atoms with Crippen molar-refractivity contribution >= 4 is 17.6 Å². The largest absolute Gasteiger partial charge is 0.346 e. The van der Waals surface area contributed by atoms with Crippen LogP contribution in [0.3, 0.4) is 0 Å². The molecule has 0 saturated heterocycles. The van der Waals surface area contributed by atoms with Crippen molar-refractivity contribution in [3.8, 4) is 6.07 Å². The summed E-state index contributed by atoms with van der Waals surface area (Å²) >= 11 is 0. The molecule has 3 amide bonds. The van der Waals surface area contributed by atoms with Crippen molar-refractivity contribution in [1.29, 1.82) is 5.26 Å². The topological polar surface area (TPSA) is 139 Å². The van der Waals surface area contributed by atoms with Gasteiger partial charge >= 0.3 is 6.03 Å². The molecule has 3 rings (SSSR count). The van der Waals surface area contributed by atoms with Crippen LogP contribution in [0, 0.1) is 28.8 Å². The number of nitriles is 1. The van der Waals surface area contributed by atoms with Gasteiger partial charge in [-0.3, -0.25) is 14.7 Å². The summed E-state index contributed by atoms with van der Waals surface area (Å²) in [4.78, 5) is 28.4. The zero-order valence-electron chi connectivity index (χ0n) is 15.3. The summed E-state index contributed by atoms with van der Waals surface area (Å²) in [5, 5.41) is 33.7. The Morgan fingerprint density at radius 3 is 2.70 bits per heavy atom. The molecule has 30 heavy (non-hydrogen) atoms. The minimum absolute atomic E-state index is 0.0296. The van der Waals surface area contributed by atoms with Crippen LogP contribution >= 0.6 is 0 Å². The minimum atomic E-state index is -3.33. The number of anilines is 1. The first-order valence-electron chi connectivity index (χ1n) is 8.43. The number of halogens is 3. The van der Waals surface area contributed by atoms with Crippen molar-refractivity contribution in [3.05, 3.63) is 58.7 Å². The lowest BCUT2D eigenvalue weighted by Crippen LogP contribution is -2.58. The van der Waals surface area contributed by atoms with Gasteiger partial charge in [-0.05, 0) is 25.1 Å². The first kappa shape index (κ1) is 21.0. The second-order valence-electron chi connectivity index (χ2n) is 6.43. The first-order chi connectivity index (χ1) is 14.1. The van der Waals surface area contributed by atoms with Crippen molar-refractivity contribution in [2.75, 3.05) is 11.9 Å². The van der Waals surface area contributed by atoms with Crippen LogP contribution in [0.2, 0.25) is 0 Å². The van der Waals surface area contributed by atoms with Gasteiger partial charge < -0.3 is 20.8 Å². The van der Waals surface area contributed by atoms with E-state index >= 15 is 0 Å². The number of amides is 3. The highest BCUT2D eigenvalue weighted by molar-refractivity contribution is 5.95. The summed E-state index contributed by atoms with van der Waals surface area (Å²) in [5.74, 6) is -8.17. The molecule has 1 aliphatic rings. The van der Waals surface area contributed by atoms with E-state index in [-0.39, 0.29) is 21.8 Å². The highest BCUT2D eigenvalue weighted by Gasteiger charge is 2.47. The molecule has 2 aromatic rings. The fourth-order valence-corrected chi connectivity index (χ4v) is 2.95. The van der Waals surface area contributed by atoms with Crippen LogP contribution in [0.25, 0.3) is 0 Å². The number of rotatable bonds is 4. The van der Waals surface area contributed by atoms with Crippen molar-refractivity contribution in [1.82, 2.24) is 15.2 Å². The lowest BCUT2D eigenvalue weighted by Gasteiger charge is -2.39. The fraction of sp³-hybridized carbons (Fsp3) is 0.222. The first-order valence-corrected chi connectivity index (χ1v) is 8.43. The van der Waals surface area contributed by atoms with E-state index in [9.17, 15) is 33.0 Å². The van der Waals surface area contributed by atoms with Gasteiger partial charge in [-0.2, -0.15) is 5.26 Å². The molecular weight excluding hydrogens is 407 g/mol. The molecule has 1 unspecified atom stereocenters. The van der Waals surface area contributed by atoms with Gasteiger partial charge in [0.1, 0.15) is 18.4 Å². The van der Waals surface area contributed by atoms with Gasteiger partial charge in [0, 0.05) is 6.20 Å². The molecule has 1 aliphatic heterocycles. The Bertz CT molecular complexity index is 1090. The lowest BCUT2D eigenvalue weighted by molar-refractivity contribution is -0.256. The number of nitrogens with one attached hydrogen (secondary N) is 2. The van der Waals surface area contributed by atoms with Crippen LogP contribution in [0.15, 0.2) is 24.4 Å². The monoisotopic (exact) mass is 421 g/mol. The SMILES string of the molecule is CC(NC(=O)CN1C(=O)Nc2ccc(F)c(F)c2C1(O)O)c1ncc(C#N)cc1F. The van der Waals surface area contributed by atoms with Crippen LogP contribution in [0.4, 0.5) is 23.7 Å². The summed E-state index contributed by atoms with van der Waals surface area (Å²) in [6.07, 6.45) is 1.10. The van der Waals surface area contributed by atoms with Gasteiger partial charge in [0.05, 0.1) is 28.6 Å². The third kappa shape index (κ3) is 3.63. The van der Waals surface area contributed by atoms with Crippen LogP contribution in [-0.4, -0.2) is 38.6 Å². The van der Waals surface area contributed by atoms with Crippen LogP contribution in [0.1, 0.15) is 29.8 Å². The Labute approximate surface area is 167 Å². The van der Waals surface area contributed by atoms with Gasteiger partial charge in [0.2, 0.25) is 5.91 Å². The number of benzene rings is 1. The number of pyridine rings is 1. The molecular formula is C18H14F3N5O4. The Morgan fingerprint density at radius 2 is 2.07 bits per heavy atom. The number of carbonyl (C=O) groups is 2. The number of urea groups is 1. The van der Waals surface area contributed by atoms with E-state index in [1.165, 1.54) is 6.92 Å². The summed E-state index contributed by atoms with van der Waals surface area (Å²) in [5.41, 5.74) is -1.58. The van der Waals surface area contributed by atoms with E-state index in [0.29, 0.717) is 6.07 Å². The molecule has 1 atom stereocenters. The molecule has 0 aliphatic carbocycles. The molecule has 2 heterocycles. The molecule has 1 aromatic heterocycles. The molecule has 4 N–H and O–H groups in total. The number of hydrogen-bond acceptors (Lipinski definition) is 6. The van der Waals surface area contributed by atoms with E-state index in [1.54, 1.807) is 6.07 Å². The Balaban J connectivity index is 1.80. The van der Waals surface area contributed by atoms with E-state index in [2.05, 4.69) is 15.6 Å². The molecule has 0 spiro atoms. The Hall–Kier alpha value is -3.69. The van der Waals surface area contributed by atoms with Crippen molar-refractivity contribution < 1.29 is 33.0 Å². The van der Waals surface area contributed by atoms with Gasteiger partial charge in [0.15, 0.2) is 11.6 Å². The second-order valence-corrected chi connectivity index (χ2v) is 6.43. The molecule has 12 heteroatoms. The highest BCUT2D eigenvalue weighted by atomic mass is 19.2. The minimum Gasteiger partial charge on any atom is -0.346 e. The summed E-state index contributed by atoms with van der Waals surface area (Å²) in [6.45, 7) is 0.373. The number of carbonyl (C=O) groups excluding carboxylic acids is 2. The average molecular weight is 421 g/mol. The van der Waals surface area contributed by atoms with Crippen molar-refractivity contribution in [2.24, 2.45) is 0 Å². The van der Waals surface area contributed by atoms with Gasteiger partial charge in [-0.15, -0.1) is 0 Å². The summed E-state index contributed by atoms with van der Waals surface area (Å²) in [7, 11) is 0. The number of aliphatic hydroxyl groups is 2. The van der Waals surface area contributed by atoms with Gasteiger partial charge in [-0.1, -0.05) is 0 Å². The lowest BCUT2D eigenvalue weighted by atomic mass is 10.0. The fourth-order valence-electron chi connectivity index (χ4n) is 2.95. The number of aromatic nitrogens is 1. The smallest absolute Gasteiger partial charge is 0.326 e. The maximum Gasteiger partial charge on any atom is 0.326 e. The molecule has 0 saturated carbocycles. The molecule has 0 radical (unpaired) electrons. The quantitative estimate of drug-likeness (QED) is 0.547. The van der Waals surface area contributed by atoms with E-state index in [4.69, 9.17) is 5.26 Å². The Kier molecular flexibility index (Phi) is 5.34. The predicted molar refractivity (Wildman–Crippen MR) is 93.7 cm³/mol. The zero-order chi connectivity index (χ0) is 22.2. The van der Waals surface area contributed by atoms with E-state index in [1.807, 2.05) is 0 Å². The molecule has 1 aromatic carbocycles. The molecule has 156 valence electrons. The molecule has 9 nitrogen and oxygen atoms in total. The molecule has 0 fully saturated rings. The zero-order valence-corrected chi connectivity index (χ0v) is 15.3. The van der Waals surface area contributed by atoms with Gasteiger partial charge in [-0.25, -0.2) is 18.0 Å². The van der Waals surface area contributed by atoms with Gasteiger partial charge in [0.25, 0.3) is 5.91 Å². The number of hydrogen-bond donors (Lipinski definition) is 4. The van der Waals surface area contributed by atoms with Crippen molar-refractivity contribution in [3.63, 3.8) is 0 Å². The van der Waals surface area contributed by atoms with E-state index in [0.717, 1.165) is 18.3 Å². The second kappa shape index (κ2) is 7.62. The number of nitrogens with zero attached hydrogens (tertiary/aromatic N) is 3. The van der Waals surface area contributed by atoms with Crippen molar-refractivity contribution in [2.45, 2.75) is 18.9 Å². The maximum absolute atomic E-state index is 14.1. The standard InChI is InChI=1S/C18H14F3N5O4/c1-8(16-11(20)4-9(5-22)6-23-16)24-13(27)7-26-17(28)25-12-3-2-10(19)15(21)14(12)18(26,29)30/h2-4,6,8,29-30H,7H2,1H3,(H,24,27)(H,25,28). The highest BCUT2D eigenvalue weighted by Crippen LogP contribution is 2.37. The normalized spacial score (nSPS) is 15.6. The van der Waals surface area contributed by atoms with E-state index < -0.39 is 53.5 Å². The third-order valence-corrected chi connectivity index (χ3v) is 4.38. The summed E-state index contributed by atoms with van der Waals surface area (Å²) < 4.78 is 41.7. The Morgan fingerprint density at radius 1 is 1.37 bits per heavy atom. The van der Waals surface area contributed by atoms with Crippen LogP contribution < -0.4 is 10.6 Å². The average Bonchev–Trinajstić information content (AvgIpc) is 2.67. The molecule has 0 bridgehead atoms. The number of fused-ring (bicyclic) bond motifs is 1. The maximum atomic E-state index is 14.1. The van der Waals surface area contributed by atoms with Crippen LogP contribution in [0.5, 0.6) is 0 Å². The predicted octanol–water partition coefficient (Wildman–Crippen LogP) is 1.19. The van der Waals surface area contributed by atoms with Crippen LogP contribution in [-0.2, 0) is 10.7 Å².